The molecule has 1 aromatic heterocycles. The summed E-state index contributed by atoms with van der Waals surface area (Å²) in [7, 11) is 1.73. The summed E-state index contributed by atoms with van der Waals surface area (Å²) < 4.78 is 0. The minimum Gasteiger partial charge on any atom is -0.312 e. The number of hydrogen-bond donors (Lipinski definition) is 1. The van der Waals surface area contributed by atoms with E-state index in [1.165, 1.54) is 5.56 Å². The predicted octanol–water partition coefficient (Wildman–Crippen LogP) is 1.74. The van der Waals surface area contributed by atoms with Crippen LogP contribution >= 0.6 is 0 Å². The maximum Gasteiger partial charge on any atom is 0.266 e. The average Bonchev–Trinajstić information content (AvgIpc) is 2.66. The van der Waals surface area contributed by atoms with Crippen molar-refractivity contribution >= 4 is 17.3 Å². The third-order valence-corrected chi connectivity index (χ3v) is 3.87. The molecule has 0 saturated carbocycles. The standard InChI is InChI=1S/C17H18N4O/c1-3-11-6-7-14-13(9-11)15(12-5-4-8-19-10-12)20-16(18)17(22)21(14)2/h4-10,16H,3,18H2,1-2H3. The van der Waals surface area contributed by atoms with Gasteiger partial charge >= 0.3 is 0 Å². The van der Waals surface area contributed by atoms with Crippen LogP contribution in [0.15, 0.2) is 47.7 Å². The Balaban J connectivity index is 2.26. The van der Waals surface area contributed by atoms with Gasteiger partial charge in [0.1, 0.15) is 0 Å². The Morgan fingerprint density at radius 3 is 2.82 bits per heavy atom. The molecule has 0 bridgehead atoms. The van der Waals surface area contributed by atoms with Gasteiger partial charge in [0.05, 0.1) is 11.4 Å². The number of benzene rings is 1. The fourth-order valence-corrected chi connectivity index (χ4v) is 2.60. The van der Waals surface area contributed by atoms with Crippen LogP contribution in [0.1, 0.15) is 23.6 Å². The van der Waals surface area contributed by atoms with Crippen LogP contribution in [0.25, 0.3) is 0 Å². The van der Waals surface area contributed by atoms with Crippen LogP contribution in [0.2, 0.25) is 0 Å². The summed E-state index contributed by atoms with van der Waals surface area (Å²) in [5.74, 6) is -0.218. The molecule has 22 heavy (non-hydrogen) atoms. The zero-order valence-electron chi connectivity index (χ0n) is 12.7. The van der Waals surface area contributed by atoms with E-state index in [2.05, 4.69) is 23.0 Å². The summed E-state index contributed by atoms with van der Waals surface area (Å²) in [5.41, 5.74) is 10.4. The SMILES string of the molecule is CCc1ccc2c(c1)C(c1cccnc1)=NC(N)C(=O)N2C. The van der Waals surface area contributed by atoms with Crippen LogP contribution in [0.3, 0.4) is 0 Å². The molecule has 2 heterocycles. The minimum absolute atomic E-state index is 0.218. The van der Waals surface area contributed by atoms with Gasteiger partial charge in [-0.05, 0) is 36.2 Å². The summed E-state index contributed by atoms with van der Waals surface area (Å²) >= 11 is 0. The molecule has 0 aliphatic carbocycles. The molecule has 3 rings (SSSR count). The van der Waals surface area contributed by atoms with E-state index in [-0.39, 0.29) is 5.91 Å². The molecule has 1 amide bonds. The molecular weight excluding hydrogens is 276 g/mol. The van der Waals surface area contributed by atoms with Crippen molar-refractivity contribution in [2.45, 2.75) is 19.5 Å². The minimum atomic E-state index is -0.905. The molecule has 0 saturated heterocycles. The van der Waals surface area contributed by atoms with Gasteiger partial charge in [-0.15, -0.1) is 0 Å². The topological polar surface area (TPSA) is 71.6 Å². The highest BCUT2D eigenvalue weighted by Gasteiger charge is 2.27. The molecule has 112 valence electrons. The third-order valence-electron chi connectivity index (χ3n) is 3.87. The largest absolute Gasteiger partial charge is 0.312 e. The molecule has 1 atom stereocenters. The van der Waals surface area contributed by atoms with Crippen LogP contribution < -0.4 is 10.6 Å². The summed E-state index contributed by atoms with van der Waals surface area (Å²) in [6, 6.07) is 9.83. The fourth-order valence-electron chi connectivity index (χ4n) is 2.60. The van der Waals surface area contributed by atoms with Gasteiger partial charge in [0.2, 0.25) is 0 Å². The second kappa shape index (κ2) is 5.69. The van der Waals surface area contributed by atoms with Gasteiger partial charge in [-0.25, -0.2) is 0 Å². The Bertz CT molecular complexity index is 740. The van der Waals surface area contributed by atoms with Gasteiger partial charge in [-0.1, -0.05) is 13.0 Å². The molecule has 2 N–H and O–H groups in total. The molecular formula is C17H18N4O. The second-order valence-corrected chi connectivity index (χ2v) is 5.27. The molecule has 5 nitrogen and oxygen atoms in total. The second-order valence-electron chi connectivity index (χ2n) is 5.27. The van der Waals surface area contributed by atoms with E-state index in [4.69, 9.17) is 5.73 Å². The average molecular weight is 294 g/mol. The van der Waals surface area contributed by atoms with Crippen molar-refractivity contribution in [3.63, 3.8) is 0 Å². The number of benzodiazepines with no additional fused rings is 1. The molecule has 2 aromatic rings. The highest BCUT2D eigenvalue weighted by molar-refractivity contribution is 6.19. The molecule has 1 aliphatic rings. The van der Waals surface area contributed by atoms with Crippen molar-refractivity contribution in [2.24, 2.45) is 10.7 Å². The zero-order chi connectivity index (χ0) is 15.7. The first-order valence-corrected chi connectivity index (χ1v) is 7.26. The molecule has 5 heteroatoms. The van der Waals surface area contributed by atoms with E-state index in [1.54, 1.807) is 24.3 Å². The summed E-state index contributed by atoms with van der Waals surface area (Å²) in [6.07, 6.45) is 3.46. The first-order valence-electron chi connectivity index (χ1n) is 7.26. The van der Waals surface area contributed by atoms with Gasteiger partial charge < -0.3 is 10.6 Å². The number of amides is 1. The lowest BCUT2D eigenvalue weighted by molar-refractivity contribution is -0.119. The third kappa shape index (κ3) is 2.40. The Labute approximate surface area is 129 Å². The number of aryl methyl sites for hydroxylation is 1. The molecule has 0 spiro atoms. The van der Waals surface area contributed by atoms with E-state index in [0.29, 0.717) is 5.71 Å². The van der Waals surface area contributed by atoms with Crippen molar-refractivity contribution in [1.82, 2.24) is 4.98 Å². The normalized spacial score (nSPS) is 17.8. The maximum absolute atomic E-state index is 12.3. The zero-order valence-corrected chi connectivity index (χ0v) is 12.7. The van der Waals surface area contributed by atoms with Crippen molar-refractivity contribution in [3.8, 4) is 0 Å². The van der Waals surface area contributed by atoms with Gasteiger partial charge in [0.15, 0.2) is 6.17 Å². The first-order chi connectivity index (χ1) is 10.6. The van der Waals surface area contributed by atoms with E-state index in [1.807, 2.05) is 24.3 Å². The lowest BCUT2D eigenvalue weighted by Gasteiger charge is -2.19. The fraction of sp³-hybridized carbons (Fsp3) is 0.235. The number of carbonyl (C=O) groups excluding carboxylic acids is 1. The molecule has 1 aromatic carbocycles. The van der Waals surface area contributed by atoms with Gasteiger partial charge in [-0.3, -0.25) is 14.8 Å². The van der Waals surface area contributed by atoms with E-state index >= 15 is 0 Å². The van der Waals surface area contributed by atoms with Crippen LogP contribution in [0.4, 0.5) is 5.69 Å². The smallest absolute Gasteiger partial charge is 0.266 e. The van der Waals surface area contributed by atoms with Crippen LogP contribution in [0.5, 0.6) is 0 Å². The lowest BCUT2D eigenvalue weighted by atomic mass is 9.98. The summed E-state index contributed by atoms with van der Waals surface area (Å²) in [5, 5.41) is 0. The number of aromatic nitrogens is 1. The maximum atomic E-state index is 12.3. The first kappa shape index (κ1) is 14.4. The Kier molecular flexibility index (Phi) is 3.73. The predicted molar refractivity (Wildman–Crippen MR) is 87.1 cm³/mol. The number of nitrogens with zero attached hydrogens (tertiary/aromatic N) is 3. The van der Waals surface area contributed by atoms with Crippen LogP contribution in [-0.4, -0.2) is 29.8 Å². The van der Waals surface area contributed by atoms with Crippen molar-refractivity contribution in [2.75, 3.05) is 11.9 Å². The van der Waals surface area contributed by atoms with Gasteiger partial charge in [0, 0.05) is 30.6 Å². The van der Waals surface area contributed by atoms with Crippen LogP contribution in [0, 0.1) is 0 Å². The number of likely N-dealkylation sites (N-methyl/N-ethyl adjacent to an activating group) is 1. The Morgan fingerprint density at radius 1 is 1.32 bits per heavy atom. The number of fused-ring (bicyclic) bond motifs is 1. The summed E-state index contributed by atoms with van der Waals surface area (Å²) in [4.78, 5) is 22.5. The molecule has 1 unspecified atom stereocenters. The van der Waals surface area contributed by atoms with Crippen molar-refractivity contribution in [3.05, 3.63) is 59.4 Å². The van der Waals surface area contributed by atoms with Crippen LogP contribution in [-0.2, 0) is 11.2 Å². The molecule has 0 fully saturated rings. The summed E-state index contributed by atoms with van der Waals surface area (Å²) in [6.45, 7) is 2.10. The molecule has 1 aliphatic heterocycles. The number of nitrogens with two attached hydrogens (primary N) is 1. The van der Waals surface area contributed by atoms with E-state index in [0.717, 1.165) is 23.2 Å². The number of rotatable bonds is 2. The lowest BCUT2D eigenvalue weighted by Crippen LogP contribution is -2.39. The number of pyridine rings is 1. The van der Waals surface area contributed by atoms with Crippen molar-refractivity contribution < 1.29 is 4.79 Å². The number of hydrogen-bond acceptors (Lipinski definition) is 4. The van der Waals surface area contributed by atoms with Gasteiger partial charge in [0.25, 0.3) is 5.91 Å². The highest BCUT2D eigenvalue weighted by Crippen LogP contribution is 2.28. The quantitative estimate of drug-likeness (QED) is 0.917. The number of anilines is 1. The Morgan fingerprint density at radius 2 is 2.14 bits per heavy atom. The van der Waals surface area contributed by atoms with Crippen molar-refractivity contribution in [1.29, 1.82) is 0 Å². The number of aliphatic imine (C=N–C) groups is 1. The van der Waals surface area contributed by atoms with Gasteiger partial charge in [-0.2, -0.15) is 0 Å². The van der Waals surface area contributed by atoms with E-state index < -0.39 is 6.17 Å². The molecule has 0 radical (unpaired) electrons. The highest BCUT2D eigenvalue weighted by atomic mass is 16.2. The monoisotopic (exact) mass is 294 g/mol. The Hall–Kier alpha value is -2.53. The van der Waals surface area contributed by atoms with E-state index in [9.17, 15) is 4.79 Å². The number of carbonyl (C=O) groups is 1.